The summed E-state index contributed by atoms with van der Waals surface area (Å²) in [7, 11) is 1.74. The molecule has 0 amide bonds. The summed E-state index contributed by atoms with van der Waals surface area (Å²) < 4.78 is 1.68. The first-order chi connectivity index (χ1) is 8.82. The van der Waals surface area contributed by atoms with Gasteiger partial charge in [-0.2, -0.15) is 0 Å². The number of carboxylic acids is 1. The van der Waals surface area contributed by atoms with E-state index in [1.165, 1.54) is 6.92 Å². The number of aromatic carboxylic acids is 1. The second-order valence-electron chi connectivity index (χ2n) is 5.11. The molecule has 1 N–H and O–H groups in total. The Bertz CT molecular complexity index is 680. The minimum absolute atomic E-state index is 0.00970. The maximum atomic E-state index is 11.6. The second kappa shape index (κ2) is 4.53. The van der Waals surface area contributed by atoms with Crippen molar-refractivity contribution in [2.75, 3.05) is 0 Å². The first-order valence-electron chi connectivity index (χ1n) is 6.20. The molecule has 19 heavy (non-hydrogen) atoms. The number of hydrogen-bond acceptors (Lipinski definition) is 2. The normalized spacial score (nSPS) is 11.2. The fourth-order valence-electron chi connectivity index (χ4n) is 2.39. The van der Waals surface area contributed by atoms with E-state index in [-0.39, 0.29) is 17.4 Å². The molecule has 1 aromatic carbocycles. The van der Waals surface area contributed by atoms with Gasteiger partial charge in [-0.05, 0) is 36.6 Å². The highest BCUT2D eigenvalue weighted by atomic mass is 16.4. The van der Waals surface area contributed by atoms with Crippen LogP contribution < -0.4 is 0 Å². The summed E-state index contributed by atoms with van der Waals surface area (Å²) in [5, 5.41) is 9.99. The van der Waals surface area contributed by atoms with E-state index < -0.39 is 5.97 Å². The number of carbonyl (C=O) groups excluding carboxylic acids is 1. The molecule has 0 fully saturated rings. The van der Waals surface area contributed by atoms with Crippen LogP contribution in [-0.2, 0) is 7.05 Å². The molecule has 100 valence electrons. The molecule has 2 rings (SSSR count). The summed E-state index contributed by atoms with van der Waals surface area (Å²) in [6, 6.07) is 5.24. The van der Waals surface area contributed by atoms with Crippen molar-refractivity contribution in [3.63, 3.8) is 0 Å². The van der Waals surface area contributed by atoms with Gasteiger partial charge in [0, 0.05) is 18.0 Å². The molecule has 0 radical (unpaired) electrons. The van der Waals surface area contributed by atoms with Crippen LogP contribution in [-0.4, -0.2) is 21.4 Å². The van der Waals surface area contributed by atoms with Gasteiger partial charge in [-0.3, -0.25) is 4.79 Å². The van der Waals surface area contributed by atoms with E-state index in [9.17, 15) is 14.7 Å². The van der Waals surface area contributed by atoms with E-state index in [2.05, 4.69) is 0 Å². The molecular formula is C15H17NO3. The van der Waals surface area contributed by atoms with Gasteiger partial charge in [0.1, 0.15) is 5.69 Å². The van der Waals surface area contributed by atoms with Crippen molar-refractivity contribution in [2.24, 2.45) is 7.05 Å². The van der Waals surface area contributed by atoms with Gasteiger partial charge in [-0.15, -0.1) is 0 Å². The predicted molar refractivity (Wildman–Crippen MR) is 74.0 cm³/mol. The summed E-state index contributed by atoms with van der Waals surface area (Å²) in [5.74, 6) is -0.751. The van der Waals surface area contributed by atoms with Crippen LogP contribution in [0.1, 0.15) is 53.1 Å². The number of fused-ring (bicyclic) bond motifs is 1. The number of aromatic nitrogens is 1. The van der Waals surface area contributed by atoms with E-state index in [1.807, 2.05) is 19.9 Å². The molecule has 0 spiro atoms. The van der Waals surface area contributed by atoms with E-state index in [4.69, 9.17) is 0 Å². The van der Waals surface area contributed by atoms with E-state index in [0.29, 0.717) is 5.56 Å². The fraction of sp³-hybridized carbons (Fsp3) is 0.333. The van der Waals surface area contributed by atoms with Crippen LogP contribution in [0.3, 0.4) is 0 Å². The van der Waals surface area contributed by atoms with Crippen molar-refractivity contribution >= 4 is 22.7 Å². The predicted octanol–water partition coefficient (Wildman–Crippen LogP) is 3.20. The number of rotatable bonds is 3. The van der Waals surface area contributed by atoms with Gasteiger partial charge < -0.3 is 9.67 Å². The molecular weight excluding hydrogens is 242 g/mol. The first kappa shape index (κ1) is 13.3. The Kier molecular flexibility index (Phi) is 3.18. The fourth-order valence-corrected chi connectivity index (χ4v) is 2.39. The lowest BCUT2D eigenvalue weighted by Gasteiger charge is -2.12. The zero-order valence-electron chi connectivity index (χ0n) is 11.5. The second-order valence-corrected chi connectivity index (χ2v) is 5.11. The minimum Gasteiger partial charge on any atom is -0.477 e. The van der Waals surface area contributed by atoms with Crippen LogP contribution in [0.4, 0.5) is 0 Å². The maximum absolute atomic E-state index is 11.6. The van der Waals surface area contributed by atoms with Gasteiger partial charge in [0.05, 0.1) is 5.52 Å². The number of carbonyl (C=O) groups is 2. The van der Waals surface area contributed by atoms with Crippen LogP contribution in [0, 0.1) is 0 Å². The Labute approximate surface area is 111 Å². The van der Waals surface area contributed by atoms with Crippen molar-refractivity contribution < 1.29 is 14.7 Å². The van der Waals surface area contributed by atoms with E-state index in [1.54, 1.807) is 23.7 Å². The van der Waals surface area contributed by atoms with Crippen LogP contribution >= 0.6 is 0 Å². The Hall–Kier alpha value is -2.10. The molecule has 1 aromatic heterocycles. The maximum Gasteiger partial charge on any atom is 0.352 e. The van der Waals surface area contributed by atoms with Crippen molar-refractivity contribution in [3.8, 4) is 0 Å². The molecule has 0 bridgehead atoms. The van der Waals surface area contributed by atoms with E-state index >= 15 is 0 Å². The molecule has 0 unspecified atom stereocenters. The summed E-state index contributed by atoms with van der Waals surface area (Å²) in [6.45, 7) is 5.59. The van der Waals surface area contributed by atoms with Crippen molar-refractivity contribution in [2.45, 2.75) is 26.7 Å². The molecule has 2 aromatic rings. The van der Waals surface area contributed by atoms with Crippen LogP contribution in [0.5, 0.6) is 0 Å². The monoisotopic (exact) mass is 259 g/mol. The number of nitrogens with zero attached hydrogens (tertiary/aromatic N) is 1. The number of hydrogen-bond donors (Lipinski definition) is 1. The molecule has 0 aliphatic rings. The topological polar surface area (TPSA) is 59.3 Å². The van der Waals surface area contributed by atoms with Crippen LogP contribution in [0.25, 0.3) is 10.9 Å². The third kappa shape index (κ3) is 2.14. The number of aryl methyl sites for hydroxylation is 1. The lowest BCUT2D eigenvalue weighted by molar-refractivity contribution is 0.0687. The highest BCUT2D eigenvalue weighted by Crippen LogP contribution is 2.29. The molecule has 4 nitrogen and oxygen atoms in total. The van der Waals surface area contributed by atoms with Crippen LogP contribution in [0.2, 0.25) is 0 Å². The van der Waals surface area contributed by atoms with Gasteiger partial charge in [-0.25, -0.2) is 4.79 Å². The number of ketones is 1. The van der Waals surface area contributed by atoms with Gasteiger partial charge in [0.15, 0.2) is 5.78 Å². The van der Waals surface area contributed by atoms with Crippen molar-refractivity contribution in [1.29, 1.82) is 0 Å². The van der Waals surface area contributed by atoms with Crippen molar-refractivity contribution in [1.82, 2.24) is 4.57 Å². The van der Waals surface area contributed by atoms with Gasteiger partial charge in [0.25, 0.3) is 0 Å². The summed E-state index contributed by atoms with van der Waals surface area (Å²) in [4.78, 5) is 22.8. The Morgan fingerprint density at radius 2 is 1.84 bits per heavy atom. The zero-order chi connectivity index (χ0) is 14.3. The van der Waals surface area contributed by atoms with Gasteiger partial charge in [0.2, 0.25) is 0 Å². The molecule has 4 heteroatoms. The molecule has 0 saturated carbocycles. The highest BCUT2D eigenvalue weighted by molar-refractivity contribution is 6.02. The smallest absolute Gasteiger partial charge is 0.352 e. The summed E-state index contributed by atoms with van der Waals surface area (Å²) in [5.41, 5.74) is 2.74. The molecule has 1 heterocycles. The molecule has 0 aliphatic carbocycles. The lowest BCUT2D eigenvalue weighted by Crippen LogP contribution is -2.05. The lowest BCUT2D eigenvalue weighted by atomic mass is 9.96. The standard InChI is InChI=1S/C15H17NO3/c1-8(2)12-6-10(9(3)17)5-11-7-13(15(18)19)16(4)14(11)12/h5-8H,1-4H3,(H,18,19). The number of Topliss-reactive ketones (excluding diaryl/α,β-unsaturated/α-hetero) is 1. The average Bonchev–Trinajstić information content (AvgIpc) is 2.65. The average molecular weight is 259 g/mol. The Balaban J connectivity index is 2.88. The molecule has 0 saturated heterocycles. The summed E-state index contributed by atoms with van der Waals surface area (Å²) >= 11 is 0. The SMILES string of the molecule is CC(=O)c1cc(C(C)C)c2c(c1)cc(C(=O)O)n2C. The zero-order valence-corrected chi connectivity index (χ0v) is 11.5. The Morgan fingerprint density at radius 1 is 1.21 bits per heavy atom. The largest absolute Gasteiger partial charge is 0.477 e. The summed E-state index contributed by atoms with van der Waals surface area (Å²) in [6.07, 6.45) is 0. The molecule has 0 atom stereocenters. The number of carboxylic acid groups (broad SMARTS) is 1. The Morgan fingerprint density at radius 3 is 2.32 bits per heavy atom. The van der Waals surface area contributed by atoms with Crippen LogP contribution in [0.15, 0.2) is 18.2 Å². The van der Waals surface area contributed by atoms with Gasteiger partial charge in [-0.1, -0.05) is 13.8 Å². The first-order valence-corrected chi connectivity index (χ1v) is 6.20. The van der Waals surface area contributed by atoms with E-state index in [0.717, 1.165) is 16.5 Å². The van der Waals surface area contributed by atoms with Gasteiger partial charge >= 0.3 is 5.97 Å². The highest BCUT2D eigenvalue weighted by Gasteiger charge is 2.18. The van der Waals surface area contributed by atoms with Crippen molar-refractivity contribution in [3.05, 3.63) is 35.0 Å². The third-order valence-corrected chi connectivity index (χ3v) is 3.41. The molecule has 0 aliphatic heterocycles. The third-order valence-electron chi connectivity index (χ3n) is 3.41. The minimum atomic E-state index is -0.960. The number of benzene rings is 1. The quantitative estimate of drug-likeness (QED) is 0.861.